The van der Waals surface area contributed by atoms with Gasteiger partial charge < -0.3 is 5.11 Å². The number of hydrogen-bond donors (Lipinski definition) is 1. The van der Waals surface area contributed by atoms with Crippen molar-refractivity contribution in [2.75, 3.05) is 7.05 Å². The largest absolute Gasteiger partial charge is 0.481 e. The average molecular weight is 222 g/mol. The van der Waals surface area contributed by atoms with Gasteiger partial charge in [-0.3, -0.25) is 14.7 Å². The summed E-state index contributed by atoms with van der Waals surface area (Å²) in [5.74, 6) is -0.771. The Bertz CT molecular complexity index is 340. The lowest BCUT2D eigenvalue weighted by atomic mass is 10.1. The van der Waals surface area contributed by atoms with Crippen molar-refractivity contribution in [3.8, 4) is 0 Å². The number of aliphatic carboxylic acids is 1. The van der Waals surface area contributed by atoms with E-state index in [4.69, 9.17) is 5.11 Å². The smallest absolute Gasteiger partial charge is 0.304 e. The highest BCUT2D eigenvalue weighted by Gasteiger charge is 2.19. The van der Waals surface area contributed by atoms with Crippen molar-refractivity contribution in [1.29, 1.82) is 0 Å². The van der Waals surface area contributed by atoms with Crippen molar-refractivity contribution in [3.05, 3.63) is 30.1 Å². The SMILES string of the molecule is CC(CC(=O)O)N(C)C(C)c1ccccn1. The summed E-state index contributed by atoms with van der Waals surface area (Å²) < 4.78 is 0. The predicted molar refractivity (Wildman–Crippen MR) is 62.1 cm³/mol. The maximum Gasteiger partial charge on any atom is 0.304 e. The molecule has 1 heterocycles. The fourth-order valence-electron chi connectivity index (χ4n) is 1.61. The van der Waals surface area contributed by atoms with Crippen molar-refractivity contribution in [2.45, 2.75) is 32.4 Å². The van der Waals surface area contributed by atoms with Crippen LogP contribution in [0.3, 0.4) is 0 Å². The number of carbonyl (C=O) groups is 1. The normalized spacial score (nSPS) is 14.8. The predicted octanol–water partition coefficient (Wildman–Crippen LogP) is 1.94. The minimum atomic E-state index is -0.771. The van der Waals surface area contributed by atoms with E-state index in [1.807, 2.05) is 44.0 Å². The topological polar surface area (TPSA) is 53.4 Å². The van der Waals surface area contributed by atoms with Crippen molar-refractivity contribution in [2.24, 2.45) is 0 Å². The van der Waals surface area contributed by atoms with Crippen LogP contribution in [-0.4, -0.2) is 34.0 Å². The molecule has 2 unspecified atom stereocenters. The minimum Gasteiger partial charge on any atom is -0.481 e. The lowest BCUT2D eigenvalue weighted by Gasteiger charge is -2.29. The van der Waals surface area contributed by atoms with Crippen molar-refractivity contribution < 1.29 is 9.90 Å². The fraction of sp³-hybridized carbons (Fsp3) is 0.500. The first-order valence-electron chi connectivity index (χ1n) is 5.37. The third-order valence-corrected chi connectivity index (χ3v) is 2.89. The first-order chi connectivity index (χ1) is 7.52. The molecule has 0 spiro atoms. The summed E-state index contributed by atoms with van der Waals surface area (Å²) in [4.78, 5) is 16.9. The molecular weight excluding hydrogens is 204 g/mol. The molecule has 0 bridgehead atoms. The van der Waals surface area contributed by atoms with Crippen LogP contribution in [0.25, 0.3) is 0 Å². The summed E-state index contributed by atoms with van der Waals surface area (Å²) in [5.41, 5.74) is 0.960. The number of rotatable bonds is 5. The number of aromatic nitrogens is 1. The molecule has 0 aliphatic rings. The Balaban J connectivity index is 2.67. The minimum absolute atomic E-state index is 0.00509. The van der Waals surface area contributed by atoms with Crippen LogP contribution in [-0.2, 0) is 4.79 Å². The number of nitrogens with zero attached hydrogens (tertiary/aromatic N) is 2. The van der Waals surface area contributed by atoms with E-state index in [-0.39, 0.29) is 18.5 Å². The Morgan fingerprint density at radius 1 is 1.50 bits per heavy atom. The van der Waals surface area contributed by atoms with Gasteiger partial charge >= 0.3 is 5.97 Å². The standard InChI is InChI=1S/C12H18N2O2/c1-9(8-12(15)16)14(3)10(2)11-6-4-5-7-13-11/h4-7,9-10H,8H2,1-3H3,(H,15,16). The second-order valence-electron chi connectivity index (χ2n) is 4.04. The van der Waals surface area contributed by atoms with Gasteiger partial charge in [-0.05, 0) is 33.0 Å². The van der Waals surface area contributed by atoms with Crippen LogP contribution in [0.2, 0.25) is 0 Å². The monoisotopic (exact) mass is 222 g/mol. The van der Waals surface area contributed by atoms with Crippen LogP contribution >= 0.6 is 0 Å². The fourth-order valence-corrected chi connectivity index (χ4v) is 1.61. The quantitative estimate of drug-likeness (QED) is 0.827. The van der Waals surface area contributed by atoms with E-state index in [0.29, 0.717) is 0 Å². The van der Waals surface area contributed by atoms with E-state index < -0.39 is 5.97 Å². The second kappa shape index (κ2) is 5.61. The molecule has 4 heteroatoms. The zero-order chi connectivity index (χ0) is 12.1. The molecule has 0 fully saturated rings. The Labute approximate surface area is 95.9 Å². The molecule has 0 aliphatic carbocycles. The molecule has 16 heavy (non-hydrogen) atoms. The molecule has 88 valence electrons. The number of carboxylic acid groups (broad SMARTS) is 1. The van der Waals surface area contributed by atoms with E-state index in [2.05, 4.69) is 4.98 Å². The van der Waals surface area contributed by atoms with Gasteiger partial charge in [0.15, 0.2) is 0 Å². The van der Waals surface area contributed by atoms with Gasteiger partial charge in [0.2, 0.25) is 0 Å². The molecule has 0 radical (unpaired) electrons. The lowest BCUT2D eigenvalue weighted by molar-refractivity contribution is -0.138. The van der Waals surface area contributed by atoms with Crippen molar-refractivity contribution in [1.82, 2.24) is 9.88 Å². The summed E-state index contributed by atoms with van der Waals surface area (Å²) in [6.45, 7) is 3.94. The van der Waals surface area contributed by atoms with Crippen LogP contribution in [0.15, 0.2) is 24.4 Å². The maximum absolute atomic E-state index is 10.6. The third-order valence-electron chi connectivity index (χ3n) is 2.89. The number of pyridine rings is 1. The van der Waals surface area contributed by atoms with Crippen LogP contribution < -0.4 is 0 Å². The van der Waals surface area contributed by atoms with Gasteiger partial charge in [0.25, 0.3) is 0 Å². The first kappa shape index (κ1) is 12.6. The Morgan fingerprint density at radius 3 is 2.69 bits per heavy atom. The maximum atomic E-state index is 10.6. The molecule has 4 nitrogen and oxygen atoms in total. The van der Waals surface area contributed by atoms with Gasteiger partial charge in [0.05, 0.1) is 12.1 Å². The van der Waals surface area contributed by atoms with Gasteiger partial charge in [-0.25, -0.2) is 0 Å². The lowest BCUT2D eigenvalue weighted by Crippen LogP contribution is -2.33. The van der Waals surface area contributed by atoms with Crippen molar-refractivity contribution in [3.63, 3.8) is 0 Å². The zero-order valence-corrected chi connectivity index (χ0v) is 9.92. The van der Waals surface area contributed by atoms with E-state index in [1.165, 1.54) is 0 Å². The second-order valence-corrected chi connectivity index (χ2v) is 4.04. The molecule has 0 aliphatic heterocycles. The summed E-state index contributed by atoms with van der Waals surface area (Å²) >= 11 is 0. The third kappa shape index (κ3) is 3.31. The highest BCUT2D eigenvalue weighted by atomic mass is 16.4. The molecule has 0 saturated heterocycles. The summed E-state index contributed by atoms with van der Waals surface area (Å²) in [5, 5.41) is 8.74. The average Bonchev–Trinajstić information content (AvgIpc) is 2.27. The van der Waals surface area contributed by atoms with Crippen LogP contribution in [0.5, 0.6) is 0 Å². The molecule has 1 rings (SSSR count). The molecule has 0 aromatic carbocycles. The van der Waals surface area contributed by atoms with E-state index in [1.54, 1.807) is 6.20 Å². The van der Waals surface area contributed by atoms with Gasteiger partial charge in [-0.15, -0.1) is 0 Å². The van der Waals surface area contributed by atoms with Crippen molar-refractivity contribution >= 4 is 5.97 Å². The van der Waals surface area contributed by atoms with Crippen LogP contribution in [0, 0.1) is 0 Å². The molecule has 1 N–H and O–H groups in total. The van der Waals surface area contributed by atoms with Crippen LogP contribution in [0.1, 0.15) is 32.0 Å². The Morgan fingerprint density at radius 2 is 2.19 bits per heavy atom. The Hall–Kier alpha value is -1.42. The van der Waals surface area contributed by atoms with E-state index in [9.17, 15) is 4.79 Å². The molecule has 2 atom stereocenters. The molecular formula is C12H18N2O2. The molecule has 0 saturated carbocycles. The van der Waals surface area contributed by atoms with Gasteiger partial charge in [0, 0.05) is 18.3 Å². The number of hydrogen-bond acceptors (Lipinski definition) is 3. The van der Waals surface area contributed by atoms with Gasteiger partial charge in [-0.2, -0.15) is 0 Å². The summed E-state index contributed by atoms with van der Waals surface area (Å²) in [6, 6.07) is 5.88. The molecule has 1 aromatic heterocycles. The highest BCUT2D eigenvalue weighted by molar-refractivity contribution is 5.67. The molecule has 1 aromatic rings. The zero-order valence-electron chi connectivity index (χ0n) is 9.92. The first-order valence-corrected chi connectivity index (χ1v) is 5.37. The number of carboxylic acids is 1. The van der Waals surface area contributed by atoms with Crippen LogP contribution in [0.4, 0.5) is 0 Å². The van der Waals surface area contributed by atoms with Gasteiger partial charge in [0.1, 0.15) is 0 Å². The van der Waals surface area contributed by atoms with Gasteiger partial charge in [-0.1, -0.05) is 6.07 Å². The van der Waals surface area contributed by atoms with E-state index >= 15 is 0 Å². The van der Waals surface area contributed by atoms with E-state index in [0.717, 1.165) is 5.69 Å². The summed E-state index contributed by atoms with van der Waals surface area (Å²) in [6.07, 6.45) is 1.90. The highest BCUT2D eigenvalue weighted by Crippen LogP contribution is 2.19. The Kier molecular flexibility index (Phi) is 4.43. The molecule has 0 amide bonds. The summed E-state index contributed by atoms with van der Waals surface area (Å²) in [7, 11) is 1.92.